The van der Waals surface area contributed by atoms with Crippen molar-refractivity contribution >= 4 is 28.9 Å². The van der Waals surface area contributed by atoms with E-state index in [9.17, 15) is 37.3 Å². The number of fused-ring (bicyclic) bond motifs is 2. The molecule has 15 heteroatoms. The van der Waals surface area contributed by atoms with Crippen LogP contribution in [0, 0.1) is 33.4 Å². The summed E-state index contributed by atoms with van der Waals surface area (Å²) in [6.07, 6.45) is 5.40. The van der Waals surface area contributed by atoms with Gasteiger partial charge in [-0.1, -0.05) is 23.2 Å². The smallest absolute Gasteiger partial charge is 0.271 e. The van der Waals surface area contributed by atoms with Gasteiger partial charge in [0.25, 0.3) is 11.1 Å². The molecule has 2 aliphatic heterocycles. The standard InChI is InChI=1S/C14H12ClF2N3O3.C14H13ClF2N2O/c15-13-12(14(21)19-5-3-1-2-4-18(13)19)8-6-11(20(22)23)10(17)7-9(8)16;15-13-12(10-5-4-9(16)8-11(10)17)14(20)19-7-3-1-2-6-18(13)19/h6-7H,1-5H2;4-5,8H,1-3,6-7H2. The van der Waals surface area contributed by atoms with E-state index < -0.39 is 39.4 Å². The average Bonchev–Trinajstić information content (AvgIpc) is 3.20. The molecule has 43 heavy (non-hydrogen) atoms. The lowest BCUT2D eigenvalue weighted by Gasteiger charge is -2.07. The SMILES string of the molecule is O=c1c(-c2cc([N+](=O)[O-])c(F)cc2F)c(Cl)n2n1CCCCC2.O=c1c(-c2ccc(F)cc2F)c(Cl)n2n1CCCCC2. The molecule has 0 bridgehead atoms. The molecule has 0 N–H and O–H groups in total. The minimum Gasteiger partial charge on any atom is -0.271 e. The van der Waals surface area contributed by atoms with E-state index in [1.165, 1.54) is 10.7 Å². The van der Waals surface area contributed by atoms with Crippen LogP contribution in [0.2, 0.25) is 10.3 Å². The molecule has 228 valence electrons. The van der Waals surface area contributed by atoms with Crippen LogP contribution < -0.4 is 11.1 Å². The Morgan fingerprint density at radius 2 is 1.09 bits per heavy atom. The summed E-state index contributed by atoms with van der Waals surface area (Å²) in [6, 6.07) is 4.26. The van der Waals surface area contributed by atoms with Crippen molar-refractivity contribution in [2.45, 2.75) is 64.7 Å². The average molecular weight is 642 g/mol. The summed E-state index contributed by atoms with van der Waals surface area (Å²) in [5, 5.41) is 11.1. The Morgan fingerprint density at radius 1 is 0.628 bits per heavy atom. The number of hydrogen-bond donors (Lipinski definition) is 0. The Kier molecular flexibility index (Phi) is 8.84. The van der Waals surface area contributed by atoms with Crippen LogP contribution in [0.25, 0.3) is 22.3 Å². The van der Waals surface area contributed by atoms with Crippen LogP contribution in [0.1, 0.15) is 38.5 Å². The molecule has 2 aromatic heterocycles. The van der Waals surface area contributed by atoms with Crippen molar-refractivity contribution in [1.82, 2.24) is 18.7 Å². The molecule has 0 spiro atoms. The van der Waals surface area contributed by atoms with Crippen molar-refractivity contribution in [3.05, 3.63) is 94.7 Å². The minimum absolute atomic E-state index is 0.0108. The molecule has 0 fully saturated rings. The van der Waals surface area contributed by atoms with Crippen molar-refractivity contribution < 1.29 is 22.5 Å². The molecule has 0 saturated carbocycles. The molecular formula is C28H25Cl2F4N5O4. The molecule has 9 nitrogen and oxygen atoms in total. The Morgan fingerprint density at radius 3 is 1.58 bits per heavy atom. The van der Waals surface area contributed by atoms with E-state index in [2.05, 4.69) is 0 Å². The number of nitro benzene ring substituents is 1. The maximum absolute atomic E-state index is 14.1. The first-order valence-electron chi connectivity index (χ1n) is 13.6. The number of halogens is 6. The van der Waals surface area contributed by atoms with Crippen LogP contribution >= 0.6 is 23.2 Å². The van der Waals surface area contributed by atoms with Crippen LogP contribution in [-0.4, -0.2) is 23.7 Å². The second-order valence-electron chi connectivity index (χ2n) is 10.2. The van der Waals surface area contributed by atoms with Crippen LogP contribution in [0.5, 0.6) is 0 Å². The van der Waals surface area contributed by atoms with E-state index in [4.69, 9.17) is 23.2 Å². The molecule has 2 aliphatic rings. The van der Waals surface area contributed by atoms with E-state index in [1.807, 2.05) is 0 Å². The van der Waals surface area contributed by atoms with Crippen molar-refractivity contribution in [2.24, 2.45) is 0 Å². The fraction of sp³-hybridized carbons (Fsp3) is 0.357. The summed E-state index contributed by atoms with van der Waals surface area (Å²) in [7, 11) is 0. The molecule has 0 amide bonds. The summed E-state index contributed by atoms with van der Waals surface area (Å²) >= 11 is 12.5. The van der Waals surface area contributed by atoms with Gasteiger partial charge in [-0.15, -0.1) is 0 Å². The van der Waals surface area contributed by atoms with Gasteiger partial charge >= 0.3 is 5.69 Å². The first kappa shape index (κ1) is 30.6. The predicted molar refractivity (Wildman–Crippen MR) is 152 cm³/mol. The van der Waals surface area contributed by atoms with E-state index in [-0.39, 0.29) is 38.1 Å². The van der Waals surface area contributed by atoms with Crippen LogP contribution in [0.3, 0.4) is 0 Å². The highest BCUT2D eigenvalue weighted by atomic mass is 35.5. The number of benzene rings is 2. The van der Waals surface area contributed by atoms with E-state index >= 15 is 0 Å². The largest absolute Gasteiger partial charge is 0.305 e. The summed E-state index contributed by atoms with van der Waals surface area (Å²) < 4.78 is 60.6. The molecule has 6 rings (SSSR count). The Hall–Kier alpha value is -3.84. The van der Waals surface area contributed by atoms with Crippen LogP contribution in [0.15, 0.2) is 39.9 Å². The lowest BCUT2D eigenvalue weighted by atomic mass is 10.1. The van der Waals surface area contributed by atoms with E-state index in [0.29, 0.717) is 38.3 Å². The molecular weight excluding hydrogens is 617 g/mol. The molecule has 0 unspecified atom stereocenters. The van der Waals surface area contributed by atoms with Gasteiger partial charge in [0.15, 0.2) is 0 Å². The monoisotopic (exact) mass is 641 g/mol. The van der Waals surface area contributed by atoms with E-state index in [0.717, 1.165) is 50.7 Å². The zero-order valence-electron chi connectivity index (χ0n) is 22.6. The Bertz CT molecular complexity index is 1850. The molecule has 0 aliphatic carbocycles. The van der Waals surface area contributed by atoms with Gasteiger partial charge in [0.05, 0.1) is 16.1 Å². The fourth-order valence-corrected chi connectivity index (χ4v) is 6.14. The zero-order valence-corrected chi connectivity index (χ0v) is 24.1. The molecule has 0 radical (unpaired) electrons. The van der Waals surface area contributed by atoms with Crippen LogP contribution in [-0.2, 0) is 26.2 Å². The topological polar surface area (TPSA) is 97.0 Å². The number of hydrogen-bond acceptors (Lipinski definition) is 4. The van der Waals surface area contributed by atoms with Gasteiger partial charge in [0.1, 0.15) is 27.8 Å². The molecule has 0 saturated heterocycles. The molecule has 4 heterocycles. The number of nitro groups is 1. The first-order chi connectivity index (χ1) is 20.5. The maximum atomic E-state index is 14.1. The quantitative estimate of drug-likeness (QED) is 0.140. The number of aromatic nitrogens is 4. The Labute approximate surface area is 251 Å². The van der Waals surface area contributed by atoms with E-state index in [1.54, 1.807) is 14.0 Å². The fourth-order valence-electron chi connectivity index (χ4n) is 5.42. The van der Waals surface area contributed by atoms with Gasteiger partial charge in [-0.3, -0.25) is 29.1 Å². The molecule has 2 aromatic carbocycles. The highest BCUT2D eigenvalue weighted by Crippen LogP contribution is 2.33. The summed E-state index contributed by atoms with van der Waals surface area (Å²) in [5.41, 5.74) is -2.11. The highest BCUT2D eigenvalue weighted by Gasteiger charge is 2.27. The first-order valence-corrected chi connectivity index (χ1v) is 14.3. The third-order valence-electron chi connectivity index (χ3n) is 7.53. The van der Waals surface area contributed by atoms with Crippen molar-refractivity contribution in [2.75, 3.05) is 0 Å². The van der Waals surface area contributed by atoms with Crippen molar-refractivity contribution in [3.63, 3.8) is 0 Å². The van der Waals surface area contributed by atoms with Gasteiger partial charge in [-0.05, 0) is 50.7 Å². The van der Waals surface area contributed by atoms with Gasteiger partial charge in [-0.25, -0.2) is 22.5 Å². The van der Waals surface area contributed by atoms with Gasteiger partial charge in [0.2, 0.25) is 5.82 Å². The number of rotatable bonds is 3. The van der Waals surface area contributed by atoms with Gasteiger partial charge in [-0.2, -0.15) is 4.39 Å². The van der Waals surface area contributed by atoms with Gasteiger partial charge in [0, 0.05) is 55.5 Å². The second-order valence-corrected chi connectivity index (χ2v) is 10.9. The third kappa shape index (κ3) is 5.75. The summed E-state index contributed by atoms with van der Waals surface area (Å²) in [6.45, 7) is 2.14. The lowest BCUT2D eigenvalue weighted by Crippen LogP contribution is -2.22. The molecule has 0 atom stereocenters. The normalized spacial score (nSPS) is 14.7. The second kappa shape index (κ2) is 12.4. The zero-order chi connectivity index (χ0) is 31.0. The summed E-state index contributed by atoms with van der Waals surface area (Å²) in [5.74, 6) is -3.81. The number of nitrogens with zero attached hydrogens (tertiary/aromatic N) is 5. The lowest BCUT2D eigenvalue weighted by molar-refractivity contribution is -0.387. The van der Waals surface area contributed by atoms with Crippen molar-refractivity contribution in [1.29, 1.82) is 0 Å². The molecule has 4 aromatic rings. The summed E-state index contributed by atoms with van der Waals surface area (Å²) in [4.78, 5) is 34.8. The maximum Gasteiger partial charge on any atom is 0.305 e. The highest BCUT2D eigenvalue weighted by molar-refractivity contribution is 6.32. The van der Waals surface area contributed by atoms with Crippen LogP contribution in [0.4, 0.5) is 23.2 Å². The predicted octanol–water partition coefficient (Wildman–Crippen LogP) is 6.77. The third-order valence-corrected chi connectivity index (χ3v) is 8.30. The van der Waals surface area contributed by atoms with Crippen molar-refractivity contribution in [3.8, 4) is 22.3 Å². The minimum atomic E-state index is -1.30. The van der Waals surface area contributed by atoms with Gasteiger partial charge < -0.3 is 0 Å². The Balaban J connectivity index is 0.000000173.